The lowest BCUT2D eigenvalue weighted by molar-refractivity contribution is -0.115. The SMILES string of the molecule is CCc1cnc(CNCC(=O)Nc2ccc(Br)cc2)o1. The first-order valence-corrected chi connectivity index (χ1v) is 7.16. The molecule has 1 aromatic carbocycles. The quantitative estimate of drug-likeness (QED) is 0.850. The van der Waals surface area contributed by atoms with Crippen LogP contribution in [0.15, 0.2) is 39.4 Å². The number of anilines is 1. The summed E-state index contributed by atoms with van der Waals surface area (Å²) < 4.78 is 6.41. The molecule has 2 N–H and O–H groups in total. The highest BCUT2D eigenvalue weighted by Gasteiger charge is 2.05. The molecule has 2 rings (SSSR count). The van der Waals surface area contributed by atoms with Gasteiger partial charge >= 0.3 is 0 Å². The molecule has 6 heteroatoms. The first-order valence-electron chi connectivity index (χ1n) is 6.37. The minimum atomic E-state index is -0.102. The van der Waals surface area contributed by atoms with Gasteiger partial charge in [-0.05, 0) is 24.3 Å². The van der Waals surface area contributed by atoms with Gasteiger partial charge in [-0.15, -0.1) is 0 Å². The van der Waals surface area contributed by atoms with Crippen molar-refractivity contribution >= 4 is 27.5 Å². The fourth-order valence-corrected chi connectivity index (χ4v) is 1.88. The Labute approximate surface area is 125 Å². The monoisotopic (exact) mass is 337 g/mol. The summed E-state index contributed by atoms with van der Waals surface area (Å²) in [5, 5.41) is 5.79. The number of halogens is 1. The number of oxazole rings is 1. The van der Waals surface area contributed by atoms with E-state index in [2.05, 4.69) is 31.5 Å². The van der Waals surface area contributed by atoms with E-state index in [1.165, 1.54) is 0 Å². The van der Waals surface area contributed by atoms with Crippen LogP contribution in [0.4, 0.5) is 5.69 Å². The molecule has 0 unspecified atom stereocenters. The number of rotatable bonds is 6. The van der Waals surface area contributed by atoms with E-state index in [4.69, 9.17) is 4.42 Å². The first-order chi connectivity index (χ1) is 9.67. The largest absolute Gasteiger partial charge is 0.444 e. The average molecular weight is 338 g/mol. The fraction of sp³-hybridized carbons (Fsp3) is 0.286. The highest BCUT2D eigenvalue weighted by molar-refractivity contribution is 9.10. The highest BCUT2D eigenvalue weighted by atomic mass is 79.9. The van der Waals surface area contributed by atoms with Crippen LogP contribution in [0.25, 0.3) is 0 Å². The standard InChI is InChI=1S/C14H16BrN3O2/c1-2-12-7-17-14(20-12)9-16-8-13(19)18-11-5-3-10(15)4-6-11/h3-7,16H,2,8-9H2,1H3,(H,18,19). The van der Waals surface area contributed by atoms with Gasteiger partial charge in [0, 0.05) is 16.6 Å². The summed E-state index contributed by atoms with van der Waals surface area (Å²) in [5.74, 6) is 1.34. The molecule has 1 amide bonds. The molecule has 0 bridgehead atoms. The molecule has 20 heavy (non-hydrogen) atoms. The molecule has 0 saturated heterocycles. The average Bonchev–Trinajstić information content (AvgIpc) is 2.89. The third-order valence-electron chi connectivity index (χ3n) is 2.64. The predicted octanol–water partition coefficient (Wildman–Crippen LogP) is 2.73. The van der Waals surface area contributed by atoms with Crippen LogP contribution in [0.1, 0.15) is 18.6 Å². The number of amides is 1. The lowest BCUT2D eigenvalue weighted by atomic mass is 10.3. The molecule has 0 aliphatic carbocycles. The summed E-state index contributed by atoms with van der Waals surface area (Å²) in [7, 11) is 0. The normalized spacial score (nSPS) is 10.5. The van der Waals surface area contributed by atoms with Crippen LogP contribution in [0.3, 0.4) is 0 Å². The van der Waals surface area contributed by atoms with Gasteiger partial charge in [-0.3, -0.25) is 10.1 Å². The molecular formula is C14H16BrN3O2. The van der Waals surface area contributed by atoms with Gasteiger partial charge in [0.1, 0.15) is 5.76 Å². The van der Waals surface area contributed by atoms with Crippen molar-refractivity contribution in [1.29, 1.82) is 0 Å². The number of aromatic nitrogens is 1. The summed E-state index contributed by atoms with van der Waals surface area (Å²) in [5.41, 5.74) is 0.768. The van der Waals surface area contributed by atoms with Crippen LogP contribution in [0.2, 0.25) is 0 Å². The zero-order valence-electron chi connectivity index (χ0n) is 11.1. The van der Waals surface area contributed by atoms with Crippen LogP contribution < -0.4 is 10.6 Å². The molecule has 0 spiro atoms. The first kappa shape index (κ1) is 14.7. The Hall–Kier alpha value is -1.66. The smallest absolute Gasteiger partial charge is 0.238 e. The number of hydrogen-bond donors (Lipinski definition) is 2. The highest BCUT2D eigenvalue weighted by Crippen LogP contribution is 2.13. The van der Waals surface area contributed by atoms with E-state index >= 15 is 0 Å². The van der Waals surface area contributed by atoms with E-state index in [0.29, 0.717) is 12.4 Å². The van der Waals surface area contributed by atoms with Gasteiger partial charge in [0.2, 0.25) is 11.8 Å². The van der Waals surface area contributed by atoms with Crippen LogP contribution in [-0.4, -0.2) is 17.4 Å². The van der Waals surface area contributed by atoms with E-state index in [1.807, 2.05) is 31.2 Å². The van der Waals surface area contributed by atoms with Crippen molar-refractivity contribution in [3.8, 4) is 0 Å². The summed E-state index contributed by atoms with van der Waals surface area (Å²) in [6.07, 6.45) is 2.52. The summed E-state index contributed by atoms with van der Waals surface area (Å²) in [4.78, 5) is 15.8. The van der Waals surface area contributed by atoms with Gasteiger partial charge in [0.15, 0.2) is 0 Å². The predicted molar refractivity (Wildman–Crippen MR) is 80.4 cm³/mol. The van der Waals surface area contributed by atoms with Gasteiger partial charge < -0.3 is 9.73 Å². The zero-order valence-corrected chi connectivity index (χ0v) is 12.7. The van der Waals surface area contributed by atoms with Crippen molar-refractivity contribution in [3.05, 3.63) is 46.6 Å². The van der Waals surface area contributed by atoms with Gasteiger partial charge in [0.05, 0.1) is 19.3 Å². The Morgan fingerprint density at radius 2 is 2.10 bits per heavy atom. The molecule has 0 radical (unpaired) electrons. The summed E-state index contributed by atoms with van der Waals surface area (Å²) in [6, 6.07) is 7.43. The van der Waals surface area contributed by atoms with Crippen molar-refractivity contribution < 1.29 is 9.21 Å². The van der Waals surface area contributed by atoms with E-state index in [-0.39, 0.29) is 12.5 Å². The fourth-order valence-electron chi connectivity index (χ4n) is 1.61. The molecule has 1 aromatic heterocycles. The molecule has 0 fully saturated rings. The Morgan fingerprint density at radius 3 is 2.75 bits per heavy atom. The molecule has 106 valence electrons. The van der Waals surface area contributed by atoms with Crippen molar-refractivity contribution in [1.82, 2.24) is 10.3 Å². The number of carbonyl (C=O) groups is 1. The number of benzene rings is 1. The number of aryl methyl sites for hydroxylation is 1. The molecule has 0 aliphatic heterocycles. The Balaban J connectivity index is 1.73. The molecule has 5 nitrogen and oxygen atoms in total. The summed E-state index contributed by atoms with van der Waals surface area (Å²) in [6.45, 7) is 2.65. The lowest BCUT2D eigenvalue weighted by Gasteiger charge is -2.05. The number of hydrogen-bond acceptors (Lipinski definition) is 4. The van der Waals surface area contributed by atoms with E-state index in [1.54, 1.807) is 6.20 Å². The van der Waals surface area contributed by atoms with Gasteiger partial charge in [-0.1, -0.05) is 22.9 Å². The number of carbonyl (C=O) groups excluding carboxylic acids is 1. The topological polar surface area (TPSA) is 67.2 Å². The van der Waals surface area contributed by atoms with Crippen LogP contribution in [0, 0.1) is 0 Å². The molecule has 0 aliphatic rings. The third kappa shape index (κ3) is 4.47. The number of nitrogens with one attached hydrogen (secondary N) is 2. The second-order valence-electron chi connectivity index (χ2n) is 4.23. The van der Waals surface area contributed by atoms with Crippen LogP contribution in [0.5, 0.6) is 0 Å². The van der Waals surface area contributed by atoms with Crippen molar-refractivity contribution in [2.24, 2.45) is 0 Å². The maximum atomic E-state index is 11.7. The Kier molecular flexibility index (Phi) is 5.31. The third-order valence-corrected chi connectivity index (χ3v) is 3.17. The minimum Gasteiger partial charge on any atom is -0.444 e. The maximum absolute atomic E-state index is 11.7. The van der Waals surface area contributed by atoms with E-state index < -0.39 is 0 Å². The maximum Gasteiger partial charge on any atom is 0.238 e. The Morgan fingerprint density at radius 1 is 1.35 bits per heavy atom. The lowest BCUT2D eigenvalue weighted by Crippen LogP contribution is -2.27. The van der Waals surface area contributed by atoms with Gasteiger partial charge in [0.25, 0.3) is 0 Å². The second kappa shape index (κ2) is 7.21. The summed E-state index contributed by atoms with van der Waals surface area (Å²) >= 11 is 3.34. The van der Waals surface area contributed by atoms with Crippen molar-refractivity contribution in [2.45, 2.75) is 19.9 Å². The second-order valence-corrected chi connectivity index (χ2v) is 5.15. The molecule has 0 saturated carbocycles. The van der Waals surface area contributed by atoms with E-state index in [9.17, 15) is 4.79 Å². The van der Waals surface area contributed by atoms with Gasteiger partial charge in [-0.2, -0.15) is 0 Å². The Bertz CT molecular complexity index is 566. The molecular weight excluding hydrogens is 322 g/mol. The van der Waals surface area contributed by atoms with Crippen LogP contribution in [-0.2, 0) is 17.8 Å². The number of nitrogens with zero attached hydrogens (tertiary/aromatic N) is 1. The van der Waals surface area contributed by atoms with Crippen molar-refractivity contribution in [3.63, 3.8) is 0 Å². The van der Waals surface area contributed by atoms with Gasteiger partial charge in [-0.25, -0.2) is 4.98 Å². The minimum absolute atomic E-state index is 0.102. The van der Waals surface area contributed by atoms with E-state index in [0.717, 1.165) is 22.3 Å². The molecule has 2 aromatic rings. The van der Waals surface area contributed by atoms with Crippen molar-refractivity contribution in [2.75, 3.05) is 11.9 Å². The zero-order chi connectivity index (χ0) is 14.4. The molecule has 1 heterocycles. The van der Waals surface area contributed by atoms with Crippen LogP contribution >= 0.6 is 15.9 Å². The molecule has 0 atom stereocenters.